The van der Waals surface area contributed by atoms with Gasteiger partial charge in [0, 0.05) is 17.8 Å². The molecule has 0 bridgehead atoms. The quantitative estimate of drug-likeness (QED) is 0.600. The number of nitrogens with one attached hydrogen (secondary N) is 2. The van der Waals surface area contributed by atoms with E-state index < -0.39 is 0 Å². The van der Waals surface area contributed by atoms with Gasteiger partial charge in [0.25, 0.3) is 0 Å². The fourth-order valence-corrected chi connectivity index (χ4v) is 2.52. The van der Waals surface area contributed by atoms with E-state index in [0.29, 0.717) is 13.2 Å². The molecule has 25 heavy (non-hydrogen) atoms. The highest BCUT2D eigenvalue weighted by molar-refractivity contribution is 5.47. The van der Waals surface area contributed by atoms with E-state index >= 15 is 0 Å². The molecule has 0 heterocycles. The van der Waals surface area contributed by atoms with Crippen molar-refractivity contribution in [2.75, 3.05) is 12.5 Å². The summed E-state index contributed by atoms with van der Waals surface area (Å²) in [6.07, 6.45) is 0. The predicted molar refractivity (Wildman–Crippen MR) is 101 cm³/mol. The van der Waals surface area contributed by atoms with E-state index in [1.165, 1.54) is 0 Å². The minimum Gasteiger partial charge on any atom is -0.493 e. The van der Waals surface area contributed by atoms with Crippen molar-refractivity contribution >= 4 is 5.69 Å². The zero-order chi connectivity index (χ0) is 17.3. The zero-order valence-electron chi connectivity index (χ0n) is 14.2. The lowest BCUT2D eigenvalue weighted by Gasteiger charge is -2.16. The number of hydrazine groups is 1. The molecule has 128 valence electrons. The van der Waals surface area contributed by atoms with Crippen molar-refractivity contribution in [2.45, 2.75) is 13.2 Å². The summed E-state index contributed by atoms with van der Waals surface area (Å²) in [5.41, 5.74) is 9.57. The number of benzene rings is 3. The Kier molecular flexibility index (Phi) is 5.91. The average molecular weight is 334 g/mol. The number of hydrogen-bond acceptors (Lipinski definition) is 4. The summed E-state index contributed by atoms with van der Waals surface area (Å²) in [7, 11) is 1.66. The second-order valence-corrected chi connectivity index (χ2v) is 5.57. The first kappa shape index (κ1) is 16.9. The highest BCUT2D eigenvalue weighted by Crippen LogP contribution is 2.31. The summed E-state index contributed by atoms with van der Waals surface area (Å²) >= 11 is 0. The monoisotopic (exact) mass is 334 g/mol. The molecule has 0 atom stereocenters. The third-order valence-electron chi connectivity index (χ3n) is 3.79. The van der Waals surface area contributed by atoms with Gasteiger partial charge in [0.15, 0.2) is 11.5 Å². The molecule has 0 fully saturated rings. The van der Waals surface area contributed by atoms with Crippen molar-refractivity contribution < 1.29 is 9.47 Å². The fraction of sp³-hybridized carbons (Fsp3) is 0.143. The number of para-hydroxylation sites is 2. The van der Waals surface area contributed by atoms with Gasteiger partial charge in [-0.2, -0.15) is 0 Å². The van der Waals surface area contributed by atoms with Crippen molar-refractivity contribution in [3.8, 4) is 11.5 Å². The van der Waals surface area contributed by atoms with E-state index in [4.69, 9.17) is 9.47 Å². The van der Waals surface area contributed by atoms with Crippen LogP contribution in [0.4, 0.5) is 5.69 Å². The number of rotatable bonds is 8. The summed E-state index contributed by atoms with van der Waals surface area (Å²) in [6.45, 7) is 1.11. The molecule has 0 amide bonds. The van der Waals surface area contributed by atoms with Crippen LogP contribution in [0.1, 0.15) is 11.1 Å². The molecule has 2 N–H and O–H groups in total. The van der Waals surface area contributed by atoms with Crippen LogP contribution in [0.25, 0.3) is 0 Å². The molecule has 0 radical (unpaired) electrons. The number of ether oxygens (including phenoxy) is 2. The summed E-state index contributed by atoms with van der Waals surface area (Å²) in [4.78, 5) is 0. The third-order valence-corrected chi connectivity index (χ3v) is 3.79. The zero-order valence-corrected chi connectivity index (χ0v) is 14.2. The van der Waals surface area contributed by atoms with Gasteiger partial charge in [-0.05, 0) is 23.8 Å². The van der Waals surface area contributed by atoms with Crippen LogP contribution in [0.5, 0.6) is 11.5 Å². The molecule has 0 saturated heterocycles. The summed E-state index contributed by atoms with van der Waals surface area (Å²) in [5, 5.41) is 0. The average Bonchev–Trinajstić information content (AvgIpc) is 2.68. The minimum atomic E-state index is 0.500. The van der Waals surface area contributed by atoms with Gasteiger partial charge in [0.1, 0.15) is 6.61 Å². The van der Waals surface area contributed by atoms with Crippen LogP contribution < -0.4 is 20.3 Å². The first-order chi connectivity index (χ1) is 12.4. The molecule has 0 aromatic heterocycles. The van der Waals surface area contributed by atoms with Crippen molar-refractivity contribution in [3.05, 3.63) is 90.0 Å². The fourth-order valence-electron chi connectivity index (χ4n) is 2.52. The highest BCUT2D eigenvalue weighted by Gasteiger charge is 2.10. The van der Waals surface area contributed by atoms with E-state index in [9.17, 15) is 0 Å². The largest absolute Gasteiger partial charge is 0.493 e. The molecule has 3 aromatic rings. The Labute approximate surface area is 148 Å². The van der Waals surface area contributed by atoms with Crippen molar-refractivity contribution in [1.29, 1.82) is 0 Å². The van der Waals surface area contributed by atoms with Gasteiger partial charge in [-0.25, -0.2) is 5.43 Å². The van der Waals surface area contributed by atoms with Gasteiger partial charge in [0.05, 0.1) is 7.11 Å². The number of methoxy groups -OCH3 is 1. The van der Waals surface area contributed by atoms with E-state index in [1.807, 2.05) is 78.9 Å². The van der Waals surface area contributed by atoms with Crippen LogP contribution >= 0.6 is 0 Å². The molecule has 4 heteroatoms. The molecular weight excluding hydrogens is 312 g/mol. The molecular formula is C21H22N2O2. The Balaban J connectivity index is 1.67. The maximum Gasteiger partial charge on any atom is 0.166 e. The van der Waals surface area contributed by atoms with Gasteiger partial charge >= 0.3 is 0 Å². The molecule has 0 aliphatic heterocycles. The van der Waals surface area contributed by atoms with Gasteiger partial charge < -0.3 is 14.9 Å². The second kappa shape index (κ2) is 8.76. The second-order valence-electron chi connectivity index (χ2n) is 5.57. The van der Waals surface area contributed by atoms with Gasteiger partial charge in [-0.1, -0.05) is 60.7 Å². The number of anilines is 1. The lowest BCUT2D eigenvalue weighted by molar-refractivity contribution is 0.281. The Hall–Kier alpha value is -2.98. The Morgan fingerprint density at radius 2 is 1.52 bits per heavy atom. The third kappa shape index (κ3) is 4.75. The van der Waals surface area contributed by atoms with Crippen molar-refractivity contribution in [2.24, 2.45) is 0 Å². The van der Waals surface area contributed by atoms with Gasteiger partial charge in [0.2, 0.25) is 0 Å². The summed E-state index contributed by atoms with van der Waals surface area (Å²) in [5.74, 6) is 1.49. The van der Waals surface area contributed by atoms with Crippen molar-refractivity contribution in [1.82, 2.24) is 5.43 Å². The van der Waals surface area contributed by atoms with Crippen LogP contribution in [0.15, 0.2) is 78.9 Å². The van der Waals surface area contributed by atoms with E-state index in [2.05, 4.69) is 10.9 Å². The number of hydrogen-bond donors (Lipinski definition) is 2. The normalized spacial score (nSPS) is 10.3. The summed E-state index contributed by atoms with van der Waals surface area (Å²) < 4.78 is 11.5. The van der Waals surface area contributed by atoms with E-state index in [-0.39, 0.29) is 0 Å². The van der Waals surface area contributed by atoms with Crippen LogP contribution in [-0.4, -0.2) is 7.11 Å². The van der Waals surface area contributed by atoms with Gasteiger partial charge in [-0.3, -0.25) is 0 Å². The van der Waals surface area contributed by atoms with Crippen LogP contribution in [0, 0.1) is 0 Å². The van der Waals surface area contributed by atoms with Gasteiger partial charge in [-0.15, -0.1) is 0 Å². The lowest BCUT2D eigenvalue weighted by atomic mass is 10.2. The highest BCUT2D eigenvalue weighted by atomic mass is 16.5. The van der Waals surface area contributed by atoms with Crippen molar-refractivity contribution in [3.63, 3.8) is 0 Å². The topological polar surface area (TPSA) is 42.5 Å². The predicted octanol–water partition coefficient (Wildman–Crippen LogP) is 4.39. The van der Waals surface area contributed by atoms with E-state index in [0.717, 1.165) is 28.3 Å². The minimum absolute atomic E-state index is 0.500. The summed E-state index contributed by atoms with van der Waals surface area (Å²) in [6, 6.07) is 26.0. The van der Waals surface area contributed by atoms with E-state index in [1.54, 1.807) is 7.11 Å². The molecule has 0 aliphatic carbocycles. The molecule has 3 aromatic carbocycles. The Bertz CT molecular complexity index is 776. The van der Waals surface area contributed by atoms with Crippen LogP contribution in [-0.2, 0) is 13.2 Å². The maximum atomic E-state index is 6.06. The molecule has 0 unspecified atom stereocenters. The molecule has 0 saturated carbocycles. The van der Waals surface area contributed by atoms with Crippen LogP contribution in [0.3, 0.4) is 0 Å². The smallest absolute Gasteiger partial charge is 0.166 e. The van der Waals surface area contributed by atoms with Crippen LogP contribution in [0.2, 0.25) is 0 Å². The first-order valence-corrected chi connectivity index (χ1v) is 8.23. The maximum absolute atomic E-state index is 6.06. The standard InChI is InChI=1S/C21H22N2O2/c1-24-20-14-8-11-18(15-22-23-19-12-6-3-7-13-19)21(20)25-16-17-9-4-2-5-10-17/h2-14,22-23H,15-16H2,1H3. The first-order valence-electron chi connectivity index (χ1n) is 8.23. The SMILES string of the molecule is COc1cccc(CNNc2ccccc2)c1OCc1ccccc1. The molecule has 0 spiro atoms. The molecule has 0 aliphatic rings. The molecule has 4 nitrogen and oxygen atoms in total. The molecule has 3 rings (SSSR count). The Morgan fingerprint density at radius 3 is 2.24 bits per heavy atom. The lowest BCUT2D eigenvalue weighted by Crippen LogP contribution is -2.21. The Morgan fingerprint density at radius 1 is 0.800 bits per heavy atom.